The van der Waals surface area contributed by atoms with E-state index in [-0.39, 0.29) is 0 Å². The van der Waals surface area contributed by atoms with E-state index in [4.69, 9.17) is 0 Å². The normalized spacial score (nSPS) is 35.3. The first-order valence-corrected chi connectivity index (χ1v) is 5.96. The van der Waals surface area contributed by atoms with Crippen LogP contribution in [0.3, 0.4) is 0 Å². The summed E-state index contributed by atoms with van der Waals surface area (Å²) in [5.74, 6) is 0.954. The molecule has 0 bridgehead atoms. The Kier molecular flexibility index (Phi) is 3.09. The molecule has 13 heavy (non-hydrogen) atoms. The predicted molar refractivity (Wildman–Crippen MR) is 59.8 cm³/mol. The summed E-state index contributed by atoms with van der Waals surface area (Å²) < 4.78 is 0. The van der Waals surface area contributed by atoms with Crippen molar-refractivity contribution in [3.63, 3.8) is 0 Å². The Hall–Kier alpha value is 0. The van der Waals surface area contributed by atoms with Gasteiger partial charge in [-0.25, -0.2) is 0 Å². The zero-order valence-electron chi connectivity index (χ0n) is 10.1. The minimum Gasteiger partial charge on any atom is -0.0649 e. The minimum absolute atomic E-state index is 0.557. The Balaban J connectivity index is 2.79. The van der Waals surface area contributed by atoms with Gasteiger partial charge >= 0.3 is 0 Å². The van der Waals surface area contributed by atoms with Crippen molar-refractivity contribution >= 4 is 0 Å². The van der Waals surface area contributed by atoms with Crippen LogP contribution < -0.4 is 0 Å². The molecule has 1 aliphatic carbocycles. The molecule has 0 amide bonds. The fourth-order valence-electron chi connectivity index (χ4n) is 3.24. The maximum atomic E-state index is 2.50. The largest absolute Gasteiger partial charge is 0.0649 e. The third kappa shape index (κ3) is 1.92. The summed E-state index contributed by atoms with van der Waals surface area (Å²) in [7, 11) is 0. The van der Waals surface area contributed by atoms with E-state index in [2.05, 4.69) is 34.6 Å². The van der Waals surface area contributed by atoms with Gasteiger partial charge < -0.3 is 0 Å². The molecule has 0 nitrogen and oxygen atoms in total. The molecule has 0 saturated heterocycles. The summed E-state index contributed by atoms with van der Waals surface area (Å²) >= 11 is 0. The van der Waals surface area contributed by atoms with Gasteiger partial charge in [0.15, 0.2) is 0 Å². The summed E-state index contributed by atoms with van der Waals surface area (Å²) in [6, 6.07) is 0. The molecule has 1 saturated carbocycles. The first-order chi connectivity index (χ1) is 5.96. The molecule has 2 atom stereocenters. The molecular weight excluding hydrogens is 156 g/mol. The van der Waals surface area contributed by atoms with Crippen molar-refractivity contribution in [1.29, 1.82) is 0 Å². The second-order valence-electron chi connectivity index (χ2n) is 5.79. The third-order valence-corrected chi connectivity index (χ3v) is 4.74. The van der Waals surface area contributed by atoms with Crippen LogP contribution in [0, 0.1) is 16.7 Å². The standard InChI is InChI=1S/C13H26/c1-6-12(3,4)11-9-8-10-13(11,5)7-2/h11H,6-10H2,1-5H3. The first kappa shape index (κ1) is 11.1. The van der Waals surface area contributed by atoms with Crippen molar-refractivity contribution in [2.75, 3.05) is 0 Å². The van der Waals surface area contributed by atoms with Crippen LogP contribution in [-0.2, 0) is 0 Å². The molecule has 1 aliphatic rings. The van der Waals surface area contributed by atoms with Gasteiger partial charge in [-0.15, -0.1) is 0 Å². The Morgan fingerprint density at radius 3 is 2.38 bits per heavy atom. The molecule has 2 unspecified atom stereocenters. The lowest BCUT2D eigenvalue weighted by Gasteiger charge is -2.41. The van der Waals surface area contributed by atoms with Gasteiger partial charge in [0.25, 0.3) is 0 Å². The number of hydrogen-bond donors (Lipinski definition) is 0. The van der Waals surface area contributed by atoms with Gasteiger partial charge in [0.1, 0.15) is 0 Å². The molecule has 0 spiro atoms. The fraction of sp³-hybridized carbons (Fsp3) is 1.00. The van der Waals surface area contributed by atoms with E-state index in [0.29, 0.717) is 10.8 Å². The molecular formula is C13H26. The van der Waals surface area contributed by atoms with Crippen molar-refractivity contribution in [3.8, 4) is 0 Å². The summed E-state index contributed by atoms with van der Waals surface area (Å²) in [6.45, 7) is 12.1. The van der Waals surface area contributed by atoms with Crippen molar-refractivity contribution in [2.45, 2.75) is 66.7 Å². The van der Waals surface area contributed by atoms with Crippen LogP contribution in [0.1, 0.15) is 66.7 Å². The molecule has 0 radical (unpaired) electrons. The van der Waals surface area contributed by atoms with Gasteiger partial charge in [0.2, 0.25) is 0 Å². The topological polar surface area (TPSA) is 0 Å². The van der Waals surface area contributed by atoms with E-state index in [0.717, 1.165) is 5.92 Å². The lowest BCUT2D eigenvalue weighted by atomic mass is 9.64. The van der Waals surface area contributed by atoms with E-state index in [1.165, 1.54) is 32.1 Å². The van der Waals surface area contributed by atoms with Gasteiger partial charge in [0.05, 0.1) is 0 Å². The lowest BCUT2D eigenvalue weighted by molar-refractivity contribution is 0.0812. The molecule has 0 aromatic rings. The Morgan fingerprint density at radius 2 is 1.92 bits per heavy atom. The van der Waals surface area contributed by atoms with Gasteiger partial charge in [-0.2, -0.15) is 0 Å². The second kappa shape index (κ2) is 3.63. The molecule has 0 aromatic heterocycles. The van der Waals surface area contributed by atoms with Crippen LogP contribution in [0.15, 0.2) is 0 Å². The average Bonchev–Trinajstić information content (AvgIpc) is 2.49. The molecule has 0 heterocycles. The minimum atomic E-state index is 0.557. The van der Waals surface area contributed by atoms with Gasteiger partial charge in [0, 0.05) is 0 Å². The highest BCUT2D eigenvalue weighted by Crippen LogP contribution is 2.54. The fourth-order valence-corrected chi connectivity index (χ4v) is 3.24. The van der Waals surface area contributed by atoms with Crippen LogP contribution in [0.5, 0.6) is 0 Å². The van der Waals surface area contributed by atoms with Crippen molar-refractivity contribution < 1.29 is 0 Å². The van der Waals surface area contributed by atoms with E-state index in [1.54, 1.807) is 0 Å². The van der Waals surface area contributed by atoms with Crippen molar-refractivity contribution in [2.24, 2.45) is 16.7 Å². The Labute approximate surface area is 84.1 Å². The van der Waals surface area contributed by atoms with Gasteiger partial charge in [-0.3, -0.25) is 0 Å². The van der Waals surface area contributed by atoms with E-state index in [9.17, 15) is 0 Å². The average molecular weight is 182 g/mol. The summed E-state index contributed by atoms with van der Waals surface area (Å²) in [5, 5.41) is 0. The highest BCUT2D eigenvalue weighted by atomic mass is 14.5. The SMILES string of the molecule is CCC(C)(C)C1CCCC1(C)CC. The molecule has 78 valence electrons. The zero-order chi connectivity index (χ0) is 10.1. The number of hydrogen-bond acceptors (Lipinski definition) is 0. The quantitative estimate of drug-likeness (QED) is 0.596. The predicted octanol–water partition coefficient (Wildman–Crippen LogP) is 4.64. The van der Waals surface area contributed by atoms with Crippen LogP contribution in [0.4, 0.5) is 0 Å². The third-order valence-electron chi connectivity index (χ3n) is 4.74. The molecule has 1 rings (SSSR count). The zero-order valence-corrected chi connectivity index (χ0v) is 10.1. The molecule has 0 heteroatoms. The maximum absolute atomic E-state index is 2.50. The van der Waals surface area contributed by atoms with Crippen LogP contribution in [0.2, 0.25) is 0 Å². The Bertz CT molecular complexity index is 169. The van der Waals surface area contributed by atoms with E-state index < -0.39 is 0 Å². The monoisotopic (exact) mass is 182 g/mol. The summed E-state index contributed by atoms with van der Waals surface area (Å²) in [4.78, 5) is 0. The second-order valence-corrected chi connectivity index (χ2v) is 5.79. The smallest absolute Gasteiger partial charge is 0.0295 e. The van der Waals surface area contributed by atoms with Crippen LogP contribution in [-0.4, -0.2) is 0 Å². The highest BCUT2D eigenvalue weighted by molar-refractivity contribution is 4.94. The first-order valence-electron chi connectivity index (χ1n) is 5.96. The van der Waals surface area contributed by atoms with Gasteiger partial charge in [-0.05, 0) is 29.6 Å². The maximum Gasteiger partial charge on any atom is -0.0295 e. The van der Waals surface area contributed by atoms with Crippen molar-refractivity contribution in [3.05, 3.63) is 0 Å². The van der Waals surface area contributed by atoms with Crippen molar-refractivity contribution in [1.82, 2.24) is 0 Å². The Morgan fingerprint density at radius 1 is 1.31 bits per heavy atom. The summed E-state index contributed by atoms with van der Waals surface area (Å²) in [5.41, 5.74) is 1.20. The molecule has 0 N–H and O–H groups in total. The lowest BCUT2D eigenvalue weighted by Crippen LogP contribution is -2.33. The summed E-state index contributed by atoms with van der Waals surface area (Å²) in [6.07, 6.45) is 7.07. The molecule has 0 aromatic carbocycles. The van der Waals surface area contributed by atoms with Crippen LogP contribution in [0.25, 0.3) is 0 Å². The van der Waals surface area contributed by atoms with E-state index in [1.807, 2.05) is 0 Å². The van der Waals surface area contributed by atoms with Crippen LogP contribution >= 0.6 is 0 Å². The molecule has 1 fully saturated rings. The molecule has 0 aliphatic heterocycles. The number of rotatable bonds is 3. The van der Waals surface area contributed by atoms with Gasteiger partial charge in [-0.1, -0.05) is 53.9 Å². The highest BCUT2D eigenvalue weighted by Gasteiger charge is 2.44. The van der Waals surface area contributed by atoms with E-state index >= 15 is 0 Å².